The summed E-state index contributed by atoms with van der Waals surface area (Å²) in [5, 5.41) is 67.9. The fourth-order valence-corrected chi connectivity index (χ4v) is 31.5. The predicted octanol–water partition coefficient (Wildman–Crippen LogP) is -4.51. The lowest BCUT2D eigenvalue weighted by Gasteiger charge is -2.65. The molecule has 7 heterocycles. The number of hydrogen-bond donors (Lipinski definition) is 9. The molecule has 13 fully saturated rings. The van der Waals surface area contributed by atoms with Crippen LogP contribution in [0.2, 0.25) is 0 Å². The number of carbonyl (C=O) groups is 6. The highest BCUT2D eigenvalue weighted by Crippen LogP contribution is 2.69. The molecule has 714 valence electrons. The number of rotatable bonds is 13. The first-order valence-electron chi connectivity index (χ1n) is 48.7. The van der Waals surface area contributed by atoms with Gasteiger partial charge in [0.2, 0.25) is 5.91 Å². The minimum atomic E-state index is -1.05. The first-order valence-corrected chi connectivity index (χ1v) is 48.7. The predicted molar refractivity (Wildman–Crippen MR) is 476 cm³/mol. The van der Waals surface area contributed by atoms with Gasteiger partial charge in [-0.15, -0.1) is 0 Å². The van der Waals surface area contributed by atoms with E-state index in [4.69, 9.17) is 26.7 Å². The maximum Gasteiger partial charge on any atom is 0.252 e. The van der Waals surface area contributed by atoms with Crippen molar-refractivity contribution in [1.82, 2.24) is 0 Å². The van der Waals surface area contributed by atoms with Crippen molar-refractivity contribution in [3.63, 3.8) is 0 Å². The fraction of sp³-hybridized carbons (Fsp3) is 0.654. The molecule has 27 heteroatoms. The third-order valence-electron chi connectivity index (χ3n) is 39.5. The van der Waals surface area contributed by atoms with Gasteiger partial charge in [-0.3, -0.25) is 28.8 Å². The molecule has 20 aliphatic rings. The molecule has 0 aromatic heterocycles. The molecule has 131 heavy (non-hydrogen) atoms. The van der Waals surface area contributed by atoms with E-state index in [-0.39, 0.29) is 196 Å². The van der Waals surface area contributed by atoms with E-state index in [0.717, 1.165) is 142 Å². The molecule has 13 aliphatic carbocycles. The molecule has 12 N–H and O–H groups in total. The van der Waals surface area contributed by atoms with Gasteiger partial charge in [-0.1, -0.05) is 58.0 Å². The van der Waals surface area contributed by atoms with E-state index in [1.165, 1.54) is 141 Å². The van der Waals surface area contributed by atoms with E-state index in [0.29, 0.717) is 110 Å². The summed E-state index contributed by atoms with van der Waals surface area (Å²) >= 11 is 0. The number of piperidine rings is 5. The maximum absolute atomic E-state index is 12.9. The Morgan fingerprint density at radius 3 is 1.24 bits per heavy atom. The van der Waals surface area contributed by atoms with Gasteiger partial charge in [0.1, 0.15) is 58.0 Å². The number of aliphatic hydroxyl groups is 3. The molecule has 0 radical (unpaired) electrons. The smallest absolute Gasteiger partial charge is 0.252 e. The van der Waals surface area contributed by atoms with Crippen LogP contribution in [0.3, 0.4) is 0 Å². The summed E-state index contributed by atoms with van der Waals surface area (Å²) < 4.78 is 17.4. The number of phenolic OH excluding ortho intramolecular Hbond substituents is 2. The molecule has 5 aromatic carbocycles. The van der Waals surface area contributed by atoms with Crippen LogP contribution in [0.25, 0.3) is 0 Å². The van der Waals surface area contributed by atoms with Crippen molar-refractivity contribution in [2.75, 3.05) is 101 Å². The van der Waals surface area contributed by atoms with Gasteiger partial charge in [0, 0.05) is 170 Å². The van der Waals surface area contributed by atoms with Crippen LogP contribution in [0, 0.1) is 41.4 Å². The Morgan fingerprint density at radius 2 is 0.786 bits per heavy atom. The van der Waals surface area contributed by atoms with Crippen LogP contribution in [-0.4, -0.2) is 248 Å². The van der Waals surface area contributed by atoms with Crippen LogP contribution < -0.4 is 147 Å². The van der Waals surface area contributed by atoms with Crippen LogP contribution in [0.5, 0.6) is 28.7 Å². The van der Waals surface area contributed by atoms with E-state index in [2.05, 4.69) is 81.1 Å². The minimum Gasteiger partial charge on any atom is -1.00 e. The molecule has 8 saturated carbocycles. The van der Waals surface area contributed by atoms with Gasteiger partial charge in [0.05, 0.1) is 135 Å². The topological polar surface area (TPSA) is 320 Å². The number of phenols is 3. The molecule has 2 spiro atoms. The number of nitrogens with zero attached hydrogens (tertiary/aromatic N) is 5. The van der Waals surface area contributed by atoms with E-state index in [1.54, 1.807) is 18.2 Å². The molecule has 25 rings (SSSR count). The van der Waals surface area contributed by atoms with Crippen LogP contribution in [0.4, 0.5) is 0 Å². The number of aromatic hydroxyl groups is 3. The lowest BCUT2D eigenvalue weighted by molar-refractivity contribution is -0.950. The van der Waals surface area contributed by atoms with Crippen molar-refractivity contribution >= 4 is 35.1 Å². The zero-order valence-electron chi connectivity index (χ0n) is 78.0. The Morgan fingerprint density at radius 1 is 0.412 bits per heavy atom. The van der Waals surface area contributed by atoms with Crippen molar-refractivity contribution in [3.05, 3.63) is 145 Å². The van der Waals surface area contributed by atoms with Crippen molar-refractivity contribution in [2.45, 2.75) is 287 Å². The molecule has 7 aliphatic heterocycles. The van der Waals surface area contributed by atoms with Gasteiger partial charge >= 0.3 is 0 Å². The summed E-state index contributed by atoms with van der Waals surface area (Å²) in [6, 6.07) is 24.7. The van der Waals surface area contributed by atoms with Crippen LogP contribution in [-0.2, 0) is 73.6 Å². The number of fused-ring (bicyclic) bond motifs is 9. The van der Waals surface area contributed by atoms with Crippen LogP contribution in [0.15, 0.2) is 72.8 Å². The quantitative estimate of drug-likeness (QED) is 0.0397. The number of likely N-dealkylation sites (tertiary alicyclic amines) is 5. The average Bonchev–Trinajstić information content (AvgIpc) is 1.57. The second kappa shape index (κ2) is 34.4. The van der Waals surface area contributed by atoms with E-state index >= 15 is 0 Å². The number of likely N-dealkylation sites (N-methyl/N-ethyl adjacent to an activating group) is 5. The molecule has 9 unspecified atom stereocenters. The summed E-state index contributed by atoms with van der Waals surface area (Å²) in [5.74, 6) is 5.61. The number of primary amides is 3. The molecule has 5 aromatic rings. The highest BCUT2D eigenvalue weighted by atomic mass is 127. The SMILES string of the molecule is CC1C2Cc3ccc(C(N)=O)cc3[C@@]1(C)CC[N+]2(C)CC1CC1.CC1C2Cc3ccc(O)cc3[C@@]1(C)CC[N+]2(C)CC1CC1.C[N+]1(CC2CC2)CC[C@]23CC(=O)CC[C@@]2(O)[C@H]1Cc1ccc(C(N)=O)c(O)c13.C[N+]1(CC2CC2)CC[C@]23c4c5ccc(C(N)=O)c4O[C@H]2C(=O)CC[C@@]3(O)[C@H]1C5.C[N+]1(CC2CC2)CC[C@]23c4c5ccc(O)c4O[C@H]2C(=O)CC[C@@]3(O)[C@H]1C5.[I-].[I-].[I-].[I-].[I-]. The lowest BCUT2D eigenvalue weighted by Crippen LogP contribution is -3.00. The number of ketones is 3. The number of carbonyl (C=O) groups excluding carboxylic acids is 6. The third kappa shape index (κ3) is 15.2. The van der Waals surface area contributed by atoms with Gasteiger partial charge < -0.3 is 200 Å². The number of quaternary nitrogens is 5. The largest absolute Gasteiger partial charge is 1.00 e. The second-order valence-corrected chi connectivity index (χ2v) is 46.7. The Bertz CT molecular complexity index is 5460. The maximum atomic E-state index is 12.9. The number of benzene rings is 5. The number of ether oxygens (including phenoxy) is 2. The molecular weight excluding hydrogens is 2220 g/mol. The molecule has 22 atom stereocenters. The summed E-state index contributed by atoms with van der Waals surface area (Å²) in [5.41, 5.74) is 24.3. The molecule has 5 saturated heterocycles. The first-order chi connectivity index (χ1) is 59.6. The fourth-order valence-electron chi connectivity index (χ4n) is 31.5. The molecule has 3 amide bonds. The Balaban J connectivity index is 0.000000119. The Hall–Kier alpha value is -4.15. The number of hydrogen-bond acceptors (Lipinski definition) is 14. The summed E-state index contributed by atoms with van der Waals surface area (Å²) in [6.45, 7) is 21.1. The highest BCUT2D eigenvalue weighted by molar-refractivity contribution is 5.99. The van der Waals surface area contributed by atoms with Crippen molar-refractivity contribution in [3.8, 4) is 28.7 Å². The molecule has 10 bridgehead atoms. The summed E-state index contributed by atoms with van der Waals surface area (Å²) in [6.07, 6.45) is 24.0. The van der Waals surface area contributed by atoms with E-state index in [1.807, 2.05) is 36.4 Å². The normalized spacial score (nSPS) is 40.0. The van der Waals surface area contributed by atoms with E-state index in [9.17, 15) is 59.4 Å². The van der Waals surface area contributed by atoms with Crippen LogP contribution >= 0.6 is 0 Å². The van der Waals surface area contributed by atoms with Gasteiger partial charge in [-0.2, -0.15) is 0 Å². The standard InChI is InChI=1S/C22H26N2O4.C22H28N2O4.C21H25NO4.C20H28N2O.C19H27NO.5HI/c1-24(11-12-2-3-12)9-8-21-17-13-4-5-14(20(23)26)18(17)28-19(21)15(25)6-7-22(21,27)16(24)10-13;1-24(12-13-2-3-13)9-8-21-11-15(25)6-7-22(21,28)17(24)10-14-4-5-16(20(23)27)19(26)18(14)21;1-22(11-12-2-3-12)9-8-20-17-13-4-5-14(23)18(17)26-19(20)15(24)6-7-21(20,25)16(22)10-13;1-13-18-11-15-6-7-16(19(21)23)10-17(15)20(13,2)8-9-22(18,3)12-14-4-5-14;1-13-18-10-15-6-7-16(21)11-17(15)19(13,2)8-9-20(18,3)12-14-4-5-14;;;;;/h4-5,12,16,19,27H,2-3,6-11H2,1H3,(H-,23,26);4-5,13,17,28H,2-3,6-12H2,1H3,(H2-,23,26,27);4-5,12,16,19,25H,2-3,6-11H2,1H3;6-7,10,13-14,18H,4-5,8-9,11-12H2,1-3H3,(H-,21,23);6-7,11,13-14,18H,4-5,8-10,12H2,1-3H3;5*1H/t16-,19+,21+,22-,24?;17-,21-,22-,24?;16-,19+,20+,21-,22?;13?,18?,20-,22?;13?,18?,19-,20?;;;;;/m11100...../s1. The van der Waals surface area contributed by atoms with E-state index < -0.39 is 57.1 Å². The zero-order valence-corrected chi connectivity index (χ0v) is 88.8. The third-order valence-corrected chi connectivity index (χ3v) is 39.5. The molecular formula is C104H139I5N8O14. The minimum absolute atomic E-state index is 0. The first kappa shape index (κ1) is 99.8. The number of halogens is 5. The van der Waals surface area contributed by atoms with Gasteiger partial charge in [0.15, 0.2) is 35.3 Å². The van der Waals surface area contributed by atoms with Gasteiger partial charge in [-0.25, -0.2) is 0 Å². The van der Waals surface area contributed by atoms with Crippen molar-refractivity contribution in [2.24, 2.45) is 58.6 Å². The highest BCUT2D eigenvalue weighted by Gasteiger charge is 2.79. The zero-order chi connectivity index (χ0) is 88.5. The molecule has 22 nitrogen and oxygen atoms in total. The summed E-state index contributed by atoms with van der Waals surface area (Å²) in [7, 11) is 11.8. The Kier molecular flexibility index (Phi) is 26.2. The Labute approximate surface area is 858 Å². The number of Topliss-reactive ketones (excluding diaryl/α,β-unsaturated/α-hetero) is 3. The lowest BCUT2D eigenvalue weighted by atomic mass is 9.48. The van der Waals surface area contributed by atoms with Crippen molar-refractivity contribution < 1.29 is 211 Å². The van der Waals surface area contributed by atoms with Gasteiger partial charge in [0.25, 0.3) is 11.8 Å². The van der Waals surface area contributed by atoms with Gasteiger partial charge in [-0.05, 0) is 165 Å². The number of amides is 3. The second-order valence-electron chi connectivity index (χ2n) is 46.7. The average molecular weight is 2360 g/mol. The number of nitrogens with two attached hydrogens (primary N) is 3. The van der Waals surface area contributed by atoms with Crippen LogP contribution in [0.1, 0.15) is 256 Å². The van der Waals surface area contributed by atoms with Crippen molar-refractivity contribution in [1.29, 1.82) is 0 Å². The monoisotopic (exact) mass is 2360 g/mol. The summed E-state index contributed by atoms with van der Waals surface area (Å²) in [4.78, 5) is 73.8.